The molecule has 0 bridgehead atoms. The average molecular weight is 476 g/mol. The van der Waals surface area contributed by atoms with E-state index in [1.54, 1.807) is 19.1 Å². The molecule has 11 heteroatoms. The number of anilines is 2. The van der Waals surface area contributed by atoms with Crippen LogP contribution in [0.25, 0.3) is 11.1 Å². The third-order valence-electron chi connectivity index (χ3n) is 5.40. The van der Waals surface area contributed by atoms with Crippen LogP contribution in [0.3, 0.4) is 0 Å². The molecule has 0 fully saturated rings. The van der Waals surface area contributed by atoms with Crippen LogP contribution >= 0.6 is 0 Å². The van der Waals surface area contributed by atoms with Gasteiger partial charge in [-0.1, -0.05) is 6.07 Å². The number of aryl methyl sites for hydroxylation is 1. The second-order valence-electron chi connectivity index (χ2n) is 7.77. The molecular formula is C23H17F5N4O2. The molecule has 4 rings (SSSR count). The molecule has 2 aromatic heterocycles. The Labute approximate surface area is 190 Å². The van der Waals surface area contributed by atoms with Gasteiger partial charge in [0.25, 0.3) is 0 Å². The van der Waals surface area contributed by atoms with Gasteiger partial charge in [0.2, 0.25) is 17.8 Å². The number of nitrogens with one attached hydrogen (secondary N) is 1. The fourth-order valence-electron chi connectivity index (χ4n) is 3.81. The van der Waals surface area contributed by atoms with E-state index < -0.39 is 53.5 Å². The summed E-state index contributed by atoms with van der Waals surface area (Å²) >= 11 is 0. The van der Waals surface area contributed by atoms with Crippen molar-refractivity contribution in [2.75, 3.05) is 16.8 Å². The van der Waals surface area contributed by atoms with Gasteiger partial charge in [0.1, 0.15) is 12.4 Å². The zero-order valence-corrected chi connectivity index (χ0v) is 17.9. The van der Waals surface area contributed by atoms with Crippen LogP contribution in [0, 0.1) is 18.7 Å². The van der Waals surface area contributed by atoms with Crippen molar-refractivity contribution in [3.63, 3.8) is 0 Å². The van der Waals surface area contributed by atoms with Crippen LogP contribution in [0.1, 0.15) is 29.8 Å². The van der Waals surface area contributed by atoms with Crippen LogP contribution in [-0.4, -0.2) is 28.3 Å². The maximum atomic E-state index is 15.0. The normalized spacial score (nSPS) is 15.4. The Kier molecular flexibility index (Phi) is 5.80. The Hall–Kier alpha value is -3.89. The lowest BCUT2D eigenvalue weighted by atomic mass is 9.98. The molecule has 1 aromatic carbocycles. The van der Waals surface area contributed by atoms with E-state index in [0.717, 1.165) is 11.0 Å². The molecule has 0 saturated heterocycles. The number of nitrogens with zero attached hydrogens (tertiary/aromatic N) is 3. The summed E-state index contributed by atoms with van der Waals surface area (Å²) in [6, 6.07) is 6.28. The van der Waals surface area contributed by atoms with Crippen LogP contribution in [0.4, 0.5) is 33.3 Å². The average Bonchev–Trinajstić information content (AvgIpc) is 2.84. The Morgan fingerprint density at radius 2 is 1.91 bits per heavy atom. The zero-order valence-electron chi connectivity index (χ0n) is 17.9. The van der Waals surface area contributed by atoms with E-state index in [1.165, 1.54) is 19.2 Å². The number of hydrogen-bond acceptors (Lipinski definition) is 4. The van der Waals surface area contributed by atoms with E-state index in [0.29, 0.717) is 17.3 Å². The molecule has 1 N–H and O–H groups in total. The van der Waals surface area contributed by atoms with Gasteiger partial charge in [-0.05, 0) is 44.2 Å². The van der Waals surface area contributed by atoms with Gasteiger partial charge in [-0.25, -0.2) is 9.37 Å². The monoisotopic (exact) mass is 476 g/mol. The van der Waals surface area contributed by atoms with Crippen molar-refractivity contribution in [3.05, 3.63) is 71.3 Å². The minimum atomic E-state index is -4.75. The number of halogens is 5. The van der Waals surface area contributed by atoms with Gasteiger partial charge in [-0.2, -0.15) is 17.6 Å². The van der Waals surface area contributed by atoms with Crippen molar-refractivity contribution in [2.24, 2.45) is 0 Å². The summed E-state index contributed by atoms with van der Waals surface area (Å²) in [4.78, 5) is 35.1. The lowest BCUT2D eigenvalue weighted by Gasteiger charge is -2.24. The molecule has 3 aromatic rings. The van der Waals surface area contributed by atoms with Crippen LogP contribution in [0.5, 0.6) is 0 Å². The number of carbonyl (C=O) groups excluding carboxylic acids is 2. The fraction of sp³-hybridized carbons (Fsp3) is 0.217. The number of alkyl halides is 3. The van der Waals surface area contributed by atoms with Crippen LogP contribution < -0.4 is 10.2 Å². The van der Waals surface area contributed by atoms with Gasteiger partial charge in [0, 0.05) is 17.5 Å². The second-order valence-corrected chi connectivity index (χ2v) is 7.77. The molecule has 0 unspecified atom stereocenters. The number of fused-ring (bicyclic) bond motifs is 3. The number of hydrogen-bond donors (Lipinski definition) is 1. The molecule has 0 aliphatic carbocycles. The van der Waals surface area contributed by atoms with E-state index in [4.69, 9.17) is 0 Å². The minimum Gasteiger partial charge on any atom is -0.322 e. The predicted molar refractivity (Wildman–Crippen MR) is 113 cm³/mol. The topological polar surface area (TPSA) is 75.2 Å². The Morgan fingerprint density at radius 3 is 2.59 bits per heavy atom. The summed E-state index contributed by atoms with van der Waals surface area (Å²) < 4.78 is 67.5. The van der Waals surface area contributed by atoms with Gasteiger partial charge < -0.3 is 10.2 Å². The number of aromatic nitrogens is 2. The highest BCUT2D eigenvalue weighted by molar-refractivity contribution is 6.09. The van der Waals surface area contributed by atoms with E-state index in [2.05, 4.69) is 15.3 Å². The van der Waals surface area contributed by atoms with E-state index in [1.807, 2.05) is 0 Å². The van der Waals surface area contributed by atoms with Crippen LogP contribution in [0.2, 0.25) is 0 Å². The highest BCUT2D eigenvalue weighted by Crippen LogP contribution is 2.41. The summed E-state index contributed by atoms with van der Waals surface area (Å²) in [5.74, 6) is -4.45. The Morgan fingerprint density at radius 1 is 1.18 bits per heavy atom. The lowest BCUT2D eigenvalue weighted by molar-refractivity contribution is -0.137. The first-order valence-corrected chi connectivity index (χ1v) is 10.1. The third-order valence-corrected chi connectivity index (χ3v) is 5.40. The molecule has 1 aliphatic heterocycles. The molecule has 0 radical (unpaired) electrons. The molecule has 0 spiro atoms. The largest absolute Gasteiger partial charge is 0.416 e. The highest BCUT2D eigenvalue weighted by atomic mass is 19.4. The Bertz CT molecular complexity index is 1310. The molecule has 1 aliphatic rings. The van der Waals surface area contributed by atoms with E-state index in [9.17, 15) is 31.5 Å². The summed E-state index contributed by atoms with van der Waals surface area (Å²) in [6.07, 6.45) is -3.29. The second kappa shape index (κ2) is 8.47. The molecular weight excluding hydrogens is 459 g/mol. The molecule has 6 nitrogen and oxygen atoms in total. The van der Waals surface area contributed by atoms with Gasteiger partial charge in [-0.3, -0.25) is 14.6 Å². The third kappa shape index (κ3) is 4.20. The number of carbonyl (C=O) groups is 2. The summed E-state index contributed by atoms with van der Waals surface area (Å²) in [5, 5.41) is 2.17. The fourth-order valence-corrected chi connectivity index (χ4v) is 3.81. The summed E-state index contributed by atoms with van der Waals surface area (Å²) in [5.41, 5.74) is -0.734. The van der Waals surface area contributed by atoms with E-state index in [-0.39, 0.29) is 23.0 Å². The lowest BCUT2D eigenvalue weighted by Crippen LogP contribution is -2.40. The molecule has 176 valence electrons. The summed E-state index contributed by atoms with van der Waals surface area (Å²) in [7, 11) is 0. The van der Waals surface area contributed by atoms with Gasteiger partial charge in [-0.15, -0.1) is 0 Å². The van der Waals surface area contributed by atoms with Crippen molar-refractivity contribution >= 4 is 23.2 Å². The molecule has 2 amide bonds. The highest BCUT2D eigenvalue weighted by Gasteiger charge is 2.36. The molecule has 34 heavy (non-hydrogen) atoms. The SMILES string of the molecule is Cc1cc2c(c(F)n1)-c1cccnc1[C@@H](C)C(=O)N2CC(=O)Nc1ccc(C(F)(F)F)cc1F. The number of pyridine rings is 2. The van der Waals surface area contributed by atoms with Crippen LogP contribution in [0.15, 0.2) is 42.6 Å². The number of amides is 2. The molecule has 0 saturated carbocycles. The predicted octanol–water partition coefficient (Wildman–Crippen LogP) is 4.84. The standard InChI is InChI=1S/C23H17F5N4O2/c1-11-8-17-19(21(25)30-11)14-4-3-7-29-20(14)12(2)22(34)32(17)10-18(33)31-16-6-5-13(9-15(16)24)23(26,27)28/h3-9,12H,10H2,1-2H3,(H,31,33)/t12-/m1/s1. The first-order chi connectivity index (χ1) is 16.0. The zero-order chi connectivity index (χ0) is 24.8. The van der Waals surface area contributed by atoms with Crippen molar-refractivity contribution in [3.8, 4) is 11.1 Å². The van der Waals surface area contributed by atoms with Gasteiger partial charge in [0.05, 0.1) is 34.1 Å². The first kappa shape index (κ1) is 23.3. The quantitative estimate of drug-likeness (QED) is 0.434. The number of rotatable bonds is 3. The summed E-state index contributed by atoms with van der Waals surface area (Å²) in [6.45, 7) is 2.42. The van der Waals surface area contributed by atoms with Crippen molar-refractivity contribution < 1.29 is 31.5 Å². The number of benzene rings is 1. The van der Waals surface area contributed by atoms with Crippen molar-refractivity contribution in [1.82, 2.24) is 9.97 Å². The molecule has 1 atom stereocenters. The first-order valence-electron chi connectivity index (χ1n) is 10.1. The van der Waals surface area contributed by atoms with Crippen LogP contribution in [-0.2, 0) is 15.8 Å². The Balaban J connectivity index is 1.70. The minimum absolute atomic E-state index is 0.0140. The van der Waals surface area contributed by atoms with E-state index >= 15 is 0 Å². The van der Waals surface area contributed by atoms with Crippen molar-refractivity contribution in [2.45, 2.75) is 25.9 Å². The van der Waals surface area contributed by atoms with Gasteiger partial charge in [0.15, 0.2) is 0 Å². The van der Waals surface area contributed by atoms with Crippen molar-refractivity contribution in [1.29, 1.82) is 0 Å². The smallest absolute Gasteiger partial charge is 0.322 e. The van der Waals surface area contributed by atoms with Gasteiger partial charge >= 0.3 is 6.18 Å². The molecule has 3 heterocycles. The maximum absolute atomic E-state index is 15.0. The maximum Gasteiger partial charge on any atom is 0.416 e.